The van der Waals surface area contributed by atoms with Gasteiger partial charge in [-0.25, -0.2) is 4.98 Å². The van der Waals surface area contributed by atoms with Crippen LogP contribution in [0, 0.1) is 13.8 Å². The van der Waals surface area contributed by atoms with Crippen LogP contribution in [0.1, 0.15) is 16.7 Å². The van der Waals surface area contributed by atoms with Crippen molar-refractivity contribution in [2.24, 2.45) is 5.73 Å². The maximum Gasteiger partial charge on any atom is 0.229 e. The number of nitrogens with two attached hydrogens (primary N) is 1. The van der Waals surface area contributed by atoms with Crippen molar-refractivity contribution in [2.45, 2.75) is 13.8 Å². The van der Waals surface area contributed by atoms with E-state index in [4.69, 9.17) is 34.3 Å². The van der Waals surface area contributed by atoms with Gasteiger partial charge < -0.3 is 10.5 Å². The number of hydrogen-bond donors (Lipinski definition) is 1. The van der Waals surface area contributed by atoms with E-state index in [2.05, 4.69) is 4.98 Å². The number of benzene rings is 1. The third kappa shape index (κ3) is 3.03. The molecule has 0 aliphatic rings. The summed E-state index contributed by atoms with van der Waals surface area (Å²) in [7, 11) is 0. The Morgan fingerprint density at radius 2 is 2.00 bits per heavy atom. The molecule has 0 aliphatic carbocycles. The molecule has 0 fully saturated rings. The van der Waals surface area contributed by atoms with E-state index in [1.165, 1.54) is 0 Å². The Hall–Kier alpha value is -1.65. The van der Waals surface area contributed by atoms with Crippen molar-refractivity contribution in [1.29, 1.82) is 0 Å². The van der Waals surface area contributed by atoms with Crippen LogP contribution in [0.25, 0.3) is 0 Å². The molecule has 0 spiro atoms. The van der Waals surface area contributed by atoms with Crippen LogP contribution >= 0.6 is 23.8 Å². The quantitative estimate of drug-likeness (QED) is 0.875. The molecule has 98 valence electrons. The third-order valence-corrected chi connectivity index (χ3v) is 3.17. The predicted molar refractivity (Wildman–Crippen MR) is 81.1 cm³/mol. The molecule has 1 aromatic heterocycles. The zero-order valence-electron chi connectivity index (χ0n) is 10.6. The lowest BCUT2D eigenvalue weighted by Crippen LogP contribution is -2.13. The normalized spacial score (nSPS) is 10.3. The number of thiocarbonyl (C=S) groups is 1. The van der Waals surface area contributed by atoms with Crippen molar-refractivity contribution in [3.05, 3.63) is 52.2 Å². The van der Waals surface area contributed by atoms with Crippen LogP contribution in [0.5, 0.6) is 11.6 Å². The fourth-order valence-electron chi connectivity index (χ4n) is 1.70. The molecule has 5 heteroatoms. The summed E-state index contributed by atoms with van der Waals surface area (Å²) in [6.45, 7) is 3.84. The zero-order valence-corrected chi connectivity index (χ0v) is 12.2. The van der Waals surface area contributed by atoms with Gasteiger partial charge in [0.1, 0.15) is 10.7 Å². The number of pyridine rings is 1. The summed E-state index contributed by atoms with van der Waals surface area (Å²) in [6, 6.07) is 7.27. The van der Waals surface area contributed by atoms with Gasteiger partial charge in [0, 0.05) is 11.2 Å². The second-order valence-corrected chi connectivity index (χ2v) is 5.06. The van der Waals surface area contributed by atoms with Crippen LogP contribution in [-0.2, 0) is 0 Å². The first-order valence-electron chi connectivity index (χ1n) is 5.68. The SMILES string of the molecule is Cc1ccc(Cl)cc1Oc1nccc(C)c1C(N)=S. The number of nitrogens with zero attached hydrogens (tertiary/aromatic N) is 1. The van der Waals surface area contributed by atoms with E-state index in [-0.39, 0.29) is 4.99 Å². The number of halogens is 1. The van der Waals surface area contributed by atoms with Gasteiger partial charge in [-0.1, -0.05) is 29.9 Å². The first-order chi connectivity index (χ1) is 8.99. The maximum absolute atomic E-state index is 5.97. The molecule has 0 saturated carbocycles. The average molecular weight is 293 g/mol. The maximum atomic E-state index is 5.97. The van der Waals surface area contributed by atoms with Gasteiger partial charge in [0.15, 0.2) is 0 Å². The third-order valence-electron chi connectivity index (χ3n) is 2.73. The summed E-state index contributed by atoms with van der Waals surface area (Å²) in [5.74, 6) is 1.04. The van der Waals surface area contributed by atoms with E-state index >= 15 is 0 Å². The van der Waals surface area contributed by atoms with Crippen molar-refractivity contribution in [3.63, 3.8) is 0 Å². The molecule has 1 heterocycles. The Kier molecular flexibility index (Phi) is 4.02. The Morgan fingerprint density at radius 3 is 2.68 bits per heavy atom. The first-order valence-corrected chi connectivity index (χ1v) is 6.47. The summed E-state index contributed by atoms with van der Waals surface area (Å²) in [5.41, 5.74) is 8.26. The van der Waals surface area contributed by atoms with Crippen molar-refractivity contribution < 1.29 is 4.74 Å². The van der Waals surface area contributed by atoms with Crippen molar-refractivity contribution in [2.75, 3.05) is 0 Å². The predicted octanol–water partition coefficient (Wildman–Crippen LogP) is 3.78. The molecule has 0 bridgehead atoms. The molecule has 0 amide bonds. The highest BCUT2D eigenvalue weighted by atomic mass is 35.5. The average Bonchev–Trinajstić information content (AvgIpc) is 2.33. The number of hydrogen-bond acceptors (Lipinski definition) is 3. The Morgan fingerprint density at radius 1 is 1.26 bits per heavy atom. The molecular weight excluding hydrogens is 280 g/mol. The molecule has 19 heavy (non-hydrogen) atoms. The lowest BCUT2D eigenvalue weighted by molar-refractivity contribution is 0.458. The Labute approximate surface area is 122 Å². The summed E-state index contributed by atoms with van der Waals surface area (Å²) in [5, 5.41) is 0.602. The fraction of sp³-hybridized carbons (Fsp3) is 0.143. The monoisotopic (exact) mass is 292 g/mol. The highest BCUT2D eigenvalue weighted by Crippen LogP contribution is 2.29. The number of ether oxygens (including phenoxy) is 1. The zero-order chi connectivity index (χ0) is 14.0. The minimum atomic E-state index is 0.264. The van der Waals surface area contributed by atoms with Gasteiger partial charge in [0.25, 0.3) is 0 Å². The van der Waals surface area contributed by atoms with Crippen LogP contribution in [0.3, 0.4) is 0 Å². The number of aromatic nitrogens is 1. The molecule has 1 aromatic carbocycles. The second-order valence-electron chi connectivity index (χ2n) is 4.18. The molecule has 2 aromatic rings. The van der Waals surface area contributed by atoms with Crippen LogP contribution < -0.4 is 10.5 Å². The first kappa shape index (κ1) is 13.8. The molecule has 0 unspecified atom stereocenters. The summed E-state index contributed by atoms with van der Waals surface area (Å²) in [4.78, 5) is 4.46. The Bertz CT molecular complexity index is 643. The van der Waals surface area contributed by atoms with Gasteiger partial charge in [-0.2, -0.15) is 0 Å². The molecule has 2 rings (SSSR count). The van der Waals surface area contributed by atoms with Gasteiger partial charge in [-0.3, -0.25) is 0 Å². The lowest BCUT2D eigenvalue weighted by atomic mass is 10.1. The number of rotatable bonds is 3. The highest BCUT2D eigenvalue weighted by Gasteiger charge is 2.13. The fourth-order valence-corrected chi connectivity index (χ4v) is 2.11. The van der Waals surface area contributed by atoms with Crippen LogP contribution in [0.15, 0.2) is 30.5 Å². The van der Waals surface area contributed by atoms with E-state index in [1.807, 2.05) is 32.0 Å². The highest BCUT2D eigenvalue weighted by molar-refractivity contribution is 7.80. The molecule has 0 aliphatic heterocycles. The molecule has 0 atom stereocenters. The van der Waals surface area contributed by atoms with Crippen molar-refractivity contribution in [3.8, 4) is 11.6 Å². The molecule has 2 N–H and O–H groups in total. The molecule has 0 radical (unpaired) electrons. The topological polar surface area (TPSA) is 48.1 Å². The van der Waals surface area contributed by atoms with Gasteiger partial charge in [0.2, 0.25) is 5.88 Å². The van der Waals surface area contributed by atoms with Gasteiger partial charge in [0.05, 0.1) is 5.56 Å². The van der Waals surface area contributed by atoms with E-state index in [9.17, 15) is 0 Å². The molecular formula is C14H13ClN2OS. The summed E-state index contributed by atoms with van der Waals surface area (Å²) < 4.78 is 5.80. The van der Waals surface area contributed by atoms with Crippen LogP contribution in [0.4, 0.5) is 0 Å². The van der Waals surface area contributed by atoms with E-state index in [0.717, 1.165) is 11.1 Å². The van der Waals surface area contributed by atoms with Gasteiger partial charge >= 0.3 is 0 Å². The summed E-state index contributed by atoms with van der Waals surface area (Å²) >= 11 is 11.0. The largest absolute Gasteiger partial charge is 0.438 e. The molecule has 0 saturated heterocycles. The minimum Gasteiger partial charge on any atom is -0.438 e. The van der Waals surface area contributed by atoms with Gasteiger partial charge in [-0.05, 0) is 43.2 Å². The van der Waals surface area contributed by atoms with Crippen LogP contribution in [0.2, 0.25) is 5.02 Å². The van der Waals surface area contributed by atoms with Crippen molar-refractivity contribution in [1.82, 2.24) is 4.98 Å². The summed E-state index contributed by atoms with van der Waals surface area (Å²) in [6.07, 6.45) is 1.66. The standard InChI is InChI=1S/C14H13ClN2OS/c1-8-3-4-10(15)7-11(8)18-14-12(13(16)19)9(2)5-6-17-14/h3-7H,1-2H3,(H2,16,19). The van der Waals surface area contributed by atoms with E-state index < -0.39 is 0 Å². The molecule has 3 nitrogen and oxygen atoms in total. The minimum absolute atomic E-state index is 0.264. The van der Waals surface area contributed by atoms with E-state index in [1.54, 1.807) is 12.3 Å². The smallest absolute Gasteiger partial charge is 0.229 e. The Balaban J connectivity index is 2.46. The van der Waals surface area contributed by atoms with Crippen LogP contribution in [-0.4, -0.2) is 9.97 Å². The van der Waals surface area contributed by atoms with Gasteiger partial charge in [-0.15, -0.1) is 0 Å². The van der Waals surface area contributed by atoms with Crippen molar-refractivity contribution >= 4 is 28.8 Å². The van der Waals surface area contributed by atoms with E-state index in [0.29, 0.717) is 22.2 Å². The lowest BCUT2D eigenvalue weighted by Gasteiger charge is -2.13. The number of aryl methyl sites for hydroxylation is 2. The second kappa shape index (κ2) is 5.55.